The number of para-hydroxylation sites is 2. The fourth-order valence-electron chi connectivity index (χ4n) is 2.25. The van der Waals surface area contributed by atoms with Crippen LogP contribution in [-0.4, -0.2) is 17.3 Å². The first-order chi connectivity index (χ1) is 10.7. The third-order valence-corrected chi connectivity index (χ3v) is 4.51. The van der Waals surface area contributed by atoms with Crippen molar-refractivity contribution in [1.82, 2.24) is 4.98 Å². The van der Waals surface area contributed by atoms with Gasteiger partial charge in [-0.1, -0.05) is 41.9 Å². The molecule has 3 rings (SSSR count). The van der Waals surface area contributed by atoms with Crippen LogP contribution in [0.15, 0.2) is 59.6 Å². The molecule has 0 amide bonds. The van der Waals surface area contributed by atoms with E-state index in [-0.39, 0.29) is 0 Å². The van der Waals surface area contributed by atoms with Gasteiger partial charge in [-0.05, 0) is 36.8 Å². The van der Waals surface area contributed by atoms with E-state index in [0.717, 1.165) is 22.0 Å². The lowest BCUT2D eigenvalue weighted by Gasteiger charge is -2.08. The highest BCUT2D eigenvalue weighted by atomic mass is 35.5. The first-order valence-electron chi connectivity index (χ1n) is 7.10. The summed E-state index contributed by atoms with van der Waals surface area (Å²) < 4.78 is 5.70. The minimum absolute atomic E-state index is 0.599. The van der Waals surface area contributed by atoms with Crippen molar-refractivity contribution in [3.05, 3.63) is 65.2 Å². The molecule has 0 unspecified atom stereocenters. The van der Waals surface area contributed by atoms with Gasteiger partial charge >= 0.3 is 0 Å². The minimum atomic E-state index is 0.599. The fourth-order valence-corrected chi connectivity index (χ4v) is 3.24. The van der Waals surface area contributed by atoms with E-state index in [1.807, 2.05) is 42.5 Å². The highest BCUT2D eigenvalue weighted by Gasteiger charge is 2.04. The molecule has 0 radical (unpaired) electrons. The number of thioether (sulfide) groups is 1. The van der Waals surface area contributed by atoms with Crippen LogP contribution in [0.5, 0.6) is 5.75 Å². The van der Waals surface area contributed by atoms with Crippen LogP contribution in [0.2, 0.25) is 5.02 Å². The van der Waals surface area contributed by atoms with Crippen molar-refractivity contribution < 1.29 is 4.74 Å². The summed E-state index contributed by atoms with van der Waals surface area (Å²) in [5.74, 6) is 1.56. The summed E-state index contributed by atoms with van der Waals surface area (Å²) in [6.07, 6.45) is 0. The summed E-state index contributed by atoms with van der Waals surface area (Å²) in [5.41, 5.74) is 2.29. The van der Waals surface area contributed by atoms with Crippen LogP contribution in [0, 0.1) is 6.92 Å². The molecule has 0 saturated heterocycles. The van der Waals surface area contributed by atoms with E-state index in [1.54, 1.807) is 11.8 Å². The molecule has 0 aliphatic rings. The highest BCUT2D eigenvalue weighted by molar-refractivity contribution is 7.99. The van der Waals surface area contributed by atoms with Crippen molar-refractivity contribution in [2.45, 2.75) is 11.9 Å². The largest absolute Gasteiger partial charge is 0.491 e. The maximum absolute atomic E-state index is 6.06. The molecule has 0 saturated carbocycles. The average Bonchev–Trinajstić information content (AvgIpc) is 2.53. The molecule has 0 aliphatic heterocycles. The van der Waals surface area contributed by atoms with E-state index in [2.05, 4.69) is 24.0 Å². The number of aryl methyl sites for hydroxylation is 1. The molecule has 1 aromatic heterocycles. The second-order valence-electron chi connectivity index (χ2n) is 4.92. The molecular weight excluding hydrogens is 314 g/mol. The Labute approximate surface area is 139 Å². The van der Waals surface area contributed by atoms with Crippen molar-refractivity contribution in [2.24, 2.45) is 0 Å². The Morgan fingerprint density at radius 1 is 1.09 bits per heavy atom. The van der Waals surface area contributed by atoms with Crippen molar-refractivity contribution in [2.75, 3.05) is 12.4 Å². The van der Waals surface area contributed by atoms with Gasteiger partial charge in [-0.15, -0.1) is 11.8 Å². The topological polar surface area (TPSA) is 22.1 Å². The van der Waals surface area contributed by atoms with Gasteiger partial charge < -0.3 is 4.74 Å². The predicted molar refractivity (Wildman–Crippen MR) is 94.2 cm³/mol. The van der Waals surface area contributed by atoms with Gasteiger partial charge in [0.15, 0.2) is 0 Å². The van der Waals surface area contributed by atoms with Gasteiger partial charge in [-0.3, -0.25) is 0 Å². The van der Waals surface area contributed by atoms with E-state index in [0.29, 0.717) is 11.6 Å². The molecule has 112 valence electrons. The molecule has 2 aromatic carbocycles. The molecule has 0 aliphatic carbocycles. The summed E-state index contributed by atoms with van der Waals surface area (Å²) >= 11 is 7.76. The lowest BCUT2D eigenvalue weighted by Crippen LogP contribution is -2.01. The normalized spacial score (nSPS) is 10.8. The number of rotatable bonds is 5. The van der Waals surface area contributed by atoms with Crippen LogP contribution in [0.1, 0.15) is 5.56 Å². The molecule has 0 atom stereocenters. The van der Waals surface area contributed by atoms with Gasteiger partial charge in [0.25, 0.3) is 0 Å². The van der Waals surface area contributed by atoms with E-state index in [4.69, 9.17) is 16.3 Å². The van der Waals surface area contributed by atoms with Crippen LogP contribution in [0.3, 0.4) is 0 Å². The first kappa shape index (κ1) is 15.2. The fraction of sp³-hybridized carbons (Fsp3) is 0.167. The third kappa shape index (κ3) is 3.54. The number of ether oxygens (including phenoxy) is 1. The Kier molecular flexibility index (Phi) is 4.86. The van der Waals surface area contributed by atoms with Gasteiger partial charge in [-0.2, -0.15) is 0 Å². The minimum Gasteiger partial charge on any atom is -0.491 e. The number of aromatic nitrogens is 1. The molecule has 0 N–H and O–H groups in total. The SMILES string of the molecule is Cc1cc(SCCOc2ccccc2Cl)nc2ccccc12. The molecule has 0 bridgehead atoms. The molecule has 22 heavy (non-hydrogen) atoms. The average molecular weight is 330 g/mol. The third-order valence-electron chi connectivity index (χ3n) is 3.33. The number of hydrogen-bond acceptors (Lipinski definition) is 3. The zero-order chi connectivity index (χ0) is 15.4. The van der Waals surface area contributed by atoms with E-state index < -0.39 is 0 Å². The molecule has 0 fully saturated rings. The Hall–Kier alpha value is -1.71. The highest BCUT2D eigenvalue weighted by Crippen LogP contribution is 2.25. The molecule has 2 nitrogen and oxygen atoms in total. The van der Waals surface area contributed by atoms with Crippen LogP contribution in [0.25, 0.3) is 10.9 Å². The summed E-state index contributed by atoms with van der Waals surface area (Å²) in [6, 6.07) is 17.9. The molecule has 3 aromatic rings. The zero-order valence-corrected chi connectivity index (χ0v) is 13.8. The zero-order valence-electron chi connectivity index (χ0n) is 12.3. The van der Waals surface area contributed by atoms with Crippen LogP contribution < -0.4 is 4.74 Å². The van der Waals surface area contributed by atoms with Crippen molar-refractivity contribution in [3.8, 4) is 5.75 Å². The smallest absolute Gasteiger partial charge is 0.137 e. The number of hydrogen-bond donors (Lipinski definition) is 0. The Morgan fingerprint density at radius 3 is 2.73 bits per heavy atom. The summed E-state index contributed by atoms with van der Waals surface area (Å²) in [5, 5.41) is 2.88. The second kappa shape index (κ2) is 7.03. The van der Waals surface area contributed by atoms with E-state index in [9.17, 15) is 0 Å². The predicted octanol–water partition coefficient (Wildman–Crippen LogP) is 5.37. The Balaban J connectivity index is 1.61. The van der Waals surface area contributed by atoms with E-state index >= 15 is 0 Å². The number of benzene rings is 2. The van der Waals surface area contributed by atoms with Crippen LogP contribution >= 0.6 is 23.4 Å². The van der Waals surface area contributed by atoms with Gasteiger partial charge in [0, 0.05) is 11.1 Å². The summed E-state index contributed by atoms with van der Waals surface area (Å²) in [7, 11) is 0. The van der Waals surface area contributed by atoms with Gasteiger partial charge in [0.05, 0.1) is 22.2 Å². The maximum atomic E-state index is 6.06. The Bertz CT molecular complexity index is 791. The lowest BCUT2D eigenvalue weighted by atomic mass is 10.1. The van der Waals surface area contributed by atoms with Gasteiger partial charge in [0.2, 0.25) is 0 Å². The lowest BCUT2D eigenvalue weighted by molar-refractivity contribution is 0.344. The Morgan fingerprint density at radius 2 is 1.86 bits per heavy atom. The summed E-state index contributed by atoms with van der Waals surface area (Å²) in [4.78, 5) is 4.68. The molecule has 0 spiro atoms. The molecule has 1 heterocycles. The van der Waals surface area contributed by atoms with Crippen molar-refractivity contribution in [3.63, 3.8) is 0 Å². The monoisotopic (exact) mass is 329 g/mol. The number of fused-ring (bicyclic) bond motifs is 1. The molecule has 4 heteroatoms. The van der Waals surface area contributed by atoms with Gasteiger partial charge in [0.1, 0.15) is 5.75 Å². The second-order valence-corrected chi connectivity index (χ2v) is 6.44. The maximum Gasteiger partial charge on any atom is 0.137 e. The van der Waals surface area contributed by atoms with Crippen molar-refractivity contribution >= 4 is 34.3 Å². The van der Waals surface area contributed by atoms with Gasteiger partial charge in [-0.25, -0.2) is 4.98 Å². The van der Waals surface area contributed by atoms with Crippen LogP contribution in [-0.2, 0) is 0 Å². The number of nitrogens with zero attached hydrogens (tertiary/aromatic N) is 1. The number of pyridine rings is 1. The quantitative estimate of drug-likeness (QED) is 0.464. The number of halogens is 1. The molecular formula is C18H16ClNOS. The first-order valence-corrected chi connectivity index (χ1v) is 8.47. The summed E-state index contributed by atoms with van der Waals surface area (Å²) in [6.45, 7) is 2.72. The van der Waals surface area contributed by atoms with E-state index in [1.165, 1.54) is 10.9 Å². The van der Waals surface area contributed by atoms with Crippen LogP contribution in [0.4, 0.5) is 0 Å². The van der Waals surface area contributed by atoms with Crippen molar-refractivity contribution in [1.29, 1.82) is 0 Å². The standard InChI is InChI=1S/C18H16ClNOS/c1-13-12-18(20-16-8-4-2-6-14(13)16)22-11-10-21-17-9-5-3-7-15(17)19/h2-9,12H,10-11H2,1H3.